The third kappa shape index (κ3) is 3.05. The van der Waals surface area contributed by atoms with E-state index in [1.807, 2.05) is 0 Å². The number of ether oxygens (including phenoxy) is 1. The molecule has 0 atom stereocenters. The third-order valence-corrected chi connectivity index (χ3v) is 1.54. The number of esters is 1. The van der Waals surface area contributed by atoms with Gasteiger partial charge in [-0.3, -0.25) is 9.59 Å². The third-order valence-electron chi connectivity index (χ3n) is 1.54. The fourth-order valence-corrected chi connectivity index (χ4v) is 0.937. The zero-order valence-electron chi connectivity index (χ0n) is 9.27. The van der Waals surface area contributed by atoms with E-state index >= 15 is 0 Å². The quantitative estimate of drug-likeness (QED) is 0.335. The van der Waals surface area contributed by atoms with Crippen molar-refractivity contribution in [3.05, 3.63) is 24.2 Å². The zero-order valence-corrected chi connectivity index (χ0v) is 9.27. The second-order valence-electron chi connectivity index (χ2n) is 4.14. The van der Waals surface area contributed by atoms with Crippen LogP contribution in [0.3, 0.4) is 0 Å². The molecular weight excluding hydrogens is 212 g/mol. The van der Waals surface area contributed by atoms with Gasteiger partial charge in [-0.25, -0.2) is 4.79 Å². The average molecular weight is 224 g/mol. The van der Waals surface area contributed by atoms with Crippen LogP contribution in [0.4, 0.5) is 0 Å². The molecule has 1 aromatic rings. The van der Waals surface area contributed by atoms with Crippen molar-refractivity contribution in [2.75, 3.05) is 0 Å². The van der Waals surface area contributed by atoms with Crippen LogP contribution in [-0.2, 0) is 14.3 Å². The van der Waals surface area contributed by atoms with Crippen molar-refractivity contribution < 1.29 is 23.5 Å². The molecule has 0 radical (unpaired) electrons. The molecule has 16 heavy (non-hydrogen) atoms. The summed E-state index contributed by atoms with van der Waals surface area (Å²) in [5.74, 6) is -3.58. The van der Waals surface area contributed by atoms with Gasteiger partial charge in [-0.15, -0.1) is 0 Å². The number of Topliss-reactive ketones (excluding diaryl/α,β-unsaturated/α-hetero) is 2. The molecule has 0 aromatic carbocycles. The van der Waals surface area contributed by atoms with Gasteiger partial charge in [-0.1, -0.05) is 0 Å². The summed E-state index contributed by atoms with van der Waals surface area (Å²) in [6.07, 6.45) is 1.25. The lowest BCUT2D eigenvalue weighted by Gasteiger charge is -2.18. The molecule has 0 spiro atoms. The Bertz CT molecular complexity index is 408. The lowest BCUT2D eigenvalue weighted by atomic mass is 10.1. The number of hydrogen-bond acceptors (Lipinski definition) is 5. The average Bonchev–Trinajstić information content (AvgIpc) is 2.65. The molecule has 5 heteroatoms. The van der Waals surface area contributed by atoms with Gasteiger partial charge in [0.2, 0.25) is 0 Å². The topological polar surface area (TPSA) is 73.6 Å². The van der Waals surface area contributed by atoms with Crippen molar-refractivity contribution in [3.8, 4) is 0 Å². The molecule has 5 nitrogen and oxygen atoms in total. The van der Waals surface area contributed by atoms with Gasteiger partial charge in [0, 0.05) is 0 Å². The molecule has 1 aromatic heterocycles. The van der Waals surface area contributed by atoms with Gasteiger partial charge in [-0.05, 0) is 32.9 Å². The highest BCUT2D eigenvalue weighted by atomic mass is 16.6. The maximum atomic E-state index is 11.4. The maximum Gasteiger partial charge on any atom is 0.383 e. The summed E-state index contributed by atoms with van der Waals surface area (Å²) in [7, 11) is 0. The van der Waals surface area contributed by atoms with Gasteiger partial charge in [0.15, 0.2) is 5.76 Å². The Morgan fingerprint density at radius 1 is 1.25 bits per heavy atom. The van der Waals surface area contributed by atoms with E-state index in [4.69, 9.17) is 9.15 Å². The first kappa shape index (κ1) is 12.2. The molecule has 86 valence electrons. The van der Waals surface area contributed by atoms with E-state index in [0.717, 1.165) is 0 Å². The van der Waals surface area contributed by atoms with E-state index in [1.165, 1.54) is 18.4 Å². The van der Waals surface area contributed by atoms with Crippen molar-refractivity contribution in [2.45, 2.75) is 26.4 Å². The number of carbonyl (C=O) groups excluding carboxylic acids is 3. The van der Waals surface area contributed by atoms with E-state index in [2.05, 4.69) is 0 Å². The summed E-state index contributed by atoms with van der Waals surface area (Å²) in [5.41, 5.74) is -0.809. The molecule has 0 N–H and O–H groups in total. The predicted molar refractivity (Wildman–Crippen MR) is 53.9 cm³/mol. The monoisotopic (exact) mass is 224 g/mol. The minimum atomic E-state index is -1.23. The lowest BCUT2D eigenvalue weighted by Crippen LogP contribution is -2.32. The second-order valence-corrected chi connectivity index (χ2v) is 4.14. The van der Waals surface area contributed by atoms with Crippen LogP contribution in [0.25, 0.3) is 0 Å². The number of ketones is 2. The molecule has 0 fully saturated rings. The summed E-state index contributed by atoms with van der Waals surface area (Å²) in [6, 6.07) is 2.76. The smallest absolute Gasteiger partial charge is 0.383 e. The SMILES string of the molecule is CC(C)(C)OC(=O)C(=O)C(=O)c1ccco1. The number of hydrogen-bond donors (Lipinski definition) is 0. The molecule has 0 amide bonds. The largest absolute Gasteiger partial charge is 0.461 e. The summed E-state index contributed by atoms with van der Waals surface area (Å²) in [5, 5.41) is 0. The fourth-order valence-electron chi connectivity index (χ4n) is 0.937. The molecule has 1 rings (SSSR count). The highest BCUT2D eigenvalue weighted by Gasteiger charge is 2.30. The fraction of sp³-hybridized carbons (Fsp3) is 0.364. The van der Waals surface area contributed by atoms with Crippen molar-refractivity contribution in [1.29, 1.82) is 0 Å². The first-order valence-corrected chi connectivity index (χ1v) is 4.67. The Labute approximate surface area is 92.4 Å². The first-order chi connectivity index (χ1) is 7.31. The van der Waals surface area contributed by atoms with Crippen LogP contribution in [-0.4, -0.2) is 23.1 Å². The molecule has 1 heterocycles. The highest BCUT2D eigenvalue weighted by molar-refractivity contribution is 6.65. The van der Waals surface area contributed by atoms with Crippen LogP contribution >= 0.6 is 0 Å². The van der Waals surface area contributed by atoms with Crippen LogP contribution in [0.15, 0.2) is 22.8 Å². The minimum Gasteiger partial charge on any atom is -0.461 e. The van der Waals surface area contributed by atoms with Gasteiger partial charge in [0.1, 0.15) is 5.60 Å². The summed E-state index contributed by atoms with van der Waals surface area (Å²) in [4.78, 5) is 34.0. The van der Waals surface area contributed by atoms with E-state index in [-0.39, 0.29) is 5.76 Å². The number of rotatable bonds is 3. The molecule has 0 unspecified atom stereocenters. The van der Waals surface area contributed by atoms with Crippen molar-refractivity contribution in [2.24, 2.45) is 0 Å². The van der Waals surface area contributed by atoms with Crippen molar-refractivity contribution in [3.63, 3.8) is 0 Å². The first-order valence-electron chi connectivity index (χ1n) is 4.67. The second kappa shape index (κ2) is 4.30. The maximum absolute atomic E-state index is 11.4. The van der Waals surface area contributed by atoms with Crippen molar-refractivity contribution in [1.82, 2.24) is 0 Å². The highest BCUT2D eigenvalue weighted by Crippen LogP contribution is 2.09. The van der Waals surface area contributed by atoms with Crippen molar-refractivity contribution >= 4 is 17.5 Å². The molecule has 0 bridgehead atoms. The molecule has 0 saturated heterocycles. The van der Waals surface area contributed by atoms with Crippen LogP contribution in [0, 0.1) is 0 Å². The minimum absolute atomic E-state index is 0.171. The summed E-state index contributed by atoms with van der Waals surface area (Å²) < 4.78 is 9.49. The number of furan rings is 1. The zero-order chi connectivity index (χ0) is 12.3. The van der Waals surface area contributed by atoms with E-state index in [1.54, 1.807) is 20.8 Å². The Morgan fingerprint density at radius 2 is 1.88 bits per heavy atom. The van der Waals surface area contributed by atoms with Gasteiger partial charge in [0.25, 0.3) is 5.78 Å². The Balaban J connectivity index is 2.73. The number of carbonyl (C=O) groups is 3. The van der Waals surface area contributed by atoms with Gasteiger partial charge in [-0.2, -0.15) is 0 Å². The van der Waals surface area contributed by atoms with Crippen LogP contribution in [0.5, 0.6) is 0 Å². The Morgan fingerprint density at radius 3 is 2.31 bits per heavy atom. The normalized spacial score (nSPS) is 10.9. The standard InChI is InChI=1S/C11H12O5/c1-11(2,3)16-10(14)9(13)8(12)7-5-4-6-15-7/h4-6H,1-3H3. The molecule has 0 aliphatic rings. The van der Waals surface area contributed by atoms with Crippen LogP contribution < -0.4 is 0 Å². The summed E-state index contributed by atoms with van der Waals surface area (Å²) in [6.45, 7) is 4.82. The molecule has 0 aliphatic heterocycles. The Kier molecular flexibility index (Phi) is 3.27. The molecular formula is C11H12O5. The van der Waals surface area contributed by atoms with Gasteiger partial charge in [0.05, 0.1) is 6.26 Å². The van der Waals surface area contributed by atoms with E-state index < -0.39 is 23.1 Å². The van der Waals surface area contributed by atoms with E-state index in [0.29, 0.717) is 0 Å². The van der Waals surface area contributed by atoms with Gasteiger partial charge >= 0.3 is 11.8 Å². The Hall–Kier alpha value is -1.91. The summed E-state index contributed by atoms with van der Waals surface area (Å²) >= 11 is 0. The van der Waals surface area contributed by atoms with Crippen LogP contribution in [0.1, 0.15) is 31.3 Å². The predicted octanol–water partition coefficient (Wildman–Crippen LogP) is 1.37. The molecule has 0 aliphatic carbocycles. The van der Waals surface area contributed by atoms with Gasteiger partial charge < -0.3 is 9.15 Å². The van der Waals surface area contributed by atoms with Crippen LogP contribution in [0.2, 0.25) is 0 Å². The lowest BCUT2D eigenvalue weighted by molar-refractivity contribution is -0.160. The molecule has 0 saturated carbocycles. The van der Waals surface area contributed by atoms with E-state index in [9.17, 15) is 14.4 Å².